The standard InChI is InChI=1S/C23H28N4O2/c1-2-3-5-18-8-10-19(11-9-18)23-24-22(17-26-12-14-29-15-13-26)25-27(23)20-6-4-7-21(28)16-20/h4,6-11,16,28H,2-3,5,12-15,17H2,1H3. The topological polar surface area (TPSA) is 63.4 Å². The number of phenols is 1. The molecule has 1 fully saturated rings. The van der Waals surface area contributed by atoms with E-state index < -0.39 is 0 Å². The van der Waals surface area contributed by atoms with Crippen molar-refractivity contribution in [1.82, 2.24) is 19.7 Å². The molecule has 0 atom stereocenters. The molecule has 1 aromatic heterocycles. The van der Waals surface area contributed by atoms with E-state index in [1.807, 2.05) is 16.8 Å². The number of ether oxygens (including phenoxy) is 1. The molecule has 1 aliphatic rings. The molecule has 0 radical (unpaired) electrons. The zero-order chi connectivity index (χ0) is 20.1. The Morgan fingerprint density at radius 1 is 1.07 bits per heavy atom. The summed E-state index contributed by atoms with van der Waals surface area (Å²) in [6.07, 6.45) is 3.49. The van der Waals surface area contributed by atoms with Crippen molar-refractivity contribution in [1.29, 1.82) is 0 Å². The molecule has 0 aliphatic carbocycles. The number of hydrogen-bond donors (Lipinski definition) is 1. The second-order valence-corrected chi connectivity index (χ2v) is 7.47. The third-order valence-electron chi connectivity index (χ3n) is 5.23. The van der Waals surface area contributed by atoms with Crippen molar-refractivity contribution in [3.8, 4) is 22.8 Å². The highest BCUT2D eigenvalue weighted by atomic mass is 16.5. The van der Waals surface area contributed by atoms with E-state index in [1.165, 1.54) is 18.4 Å². The van der Waals surface area contributed by atoms with Gasteiger partial charge in [0.1, 0.15) is 5.75 Å². The molecule has 1 N–H and O–H groups in total. The monoisotopic (exact) mass is 392 g/mol. The molecule has 29 heavy (non-hydrogen) atoms. The van der Waals surface area contributed by atoms with Gasteiger partial charge in [-0.2, -0.15) is 0 Å². The van der Waals surface area contributed by atoms with Crippen LogP contribution < -0.4 is 0 Å². The summed E-state index contributed by atoms with van der Waals surface area (Å²) in [7, 11) is 0. The Balaban J connectivity index is 1.66. The van der Waals surface area contributed by atoms with Crippen molar-refractivity contribution in [2.75, 3.05) is 26.3 Å². The van der Waals surface area contributed by atoms with Gasteiger partial charge in [-0.3, -0.25) is 4.90 Å². The van der Waals surface area contributed by atoms with Crippen molar-refractivity contribution in [2.45, 2.75) is 32.7 Å². The Hall–Kier alpha value is -2.70. The van der Waals surface area contributed by atoms with Crippen molar-refractivity contribution < 1.29 is 9.84 Å². The molecule has 4 rings (SSSR count). The summed E-state index contributed by atoms with van der Waals surface area (Å²) < 4.78 is 7.27. The molecular formula is C23H28N4O2. The van der Waals surface area contributed by atoms with E-state index in [1.54, 1.807) is 12.1 Å². The molecule has 0 spiro atoms. The molecule has 0 amide bonds. The number of unbranched alkanes of at least 4 members (excludes halogenated alkanes) is 1. The van der Waals surface area contributed by atoms with Gasteiger partial charge in [0.2, 0.25) is 0 Å². The first kappa shape index (κ1) is 19.6. The highest BCUT2D eigenvalue weighted by Gasteiger charge is 2.18. The Morgan fingerprint density at radius 3 is 2.59 bits per heavy atom. The average Bonchev–Trinajstić information content (AvgIpc) is 3.17. The minimum atomic E-state index is 0.216. The smallest absolute Gasteiger partial charge is 0.165 e. The van der Waals surface area contributed by atoms with Crippen LogP contribution in [0.3, 0.4) is 0 Å². The Bertz CT molecular complexity index is 930. The van der Waals surface area contributed by atoms with Crippen LogP contribution in [0.1, 0.15) is 31.2 Å². The lowest BCUT2D eigenvalue weighted by Gasteiger charge is -2.25. The molecule has 3 aromatic rings. The summed E-state index contributed by atoms with van der Waals surface area (Å²) in [5.41, 5.74) is 3.16. The number of hydrogen-bond acceptors (Lipinski definition) is 5. The maximum Gasteiger partial charge on any atom is 0.165 e. The van der Waals surface area contributed by atoms with Crippen LogP contribution in [0.5, 0.6) is 5.75 Å². The normalized spacial score (nSPS) is 14.9. The fourth-order valence-electron chi connectivity index (χ4n) is 3.57. The van der Waals surface area contributed by atoms with Crippen LogP contribution >= 0.6 is 0 Å². The van der Waals surface area contributed by atoms with E-state index in [0.29, 0.717) is 6.54 Å². The lowest BCUT2D eigenvalue weighted by atomic mass is 10.1. The van der Waals surface area contributed by atoms with E-state index in [4.69, 9.17) is 14.8 Å². The fraction of sp³-hybridized carbons (Fsp3) is 0.391. The van der Waals surface area contributed by atoms with Crippen molar-refractivity contribution in [3.05, 3.63) is 59.9 Å². The molecule has 0 unspecified atom stereocenters. The maximum atomic E-state index is 9.94. The first-order valence-electron chi connectivity index (χ1n) is 10.4. The summed E-state index contributed by atoms with van der Waals surface area (Å²) in [5, 5.41) is 14.7. The van der Waals surface area contributed by atoms with Gasteiger partial charge < -0.3 is 9.84 Å². The van der Waals surface area contributed by atoms with E-state index in [9.17, 15) is 5.11 Å². The summed E-state index contributed by atoms with van der Waals surface area (Å²) >= 11 is 0. The first-order valence-corrected chi connectivity index (χ1v) is 10.4. The lowest BCUT2D eigenvalue weighted by molar-refractivity contribution is 0.0331. The molecule has 0 saturated carbocycles. The number of aromatic nitrogens is 3. The number of phenolic OH excluding ortho intramolecular Hbond substituents is 1. The fourth-order valence-corrected chi connectivity index (χ4v) is 3.57. The van der Waals surface area contributed by atoms with Gasteiger partial charge in [0.25, 0.3) is 0 Å². The Labute approximate surface area is 171 Å². The molecule has 2 aromatic carbocycles. The number of aryl methyl sites for hydroxylation is 1. The van der Waals surface area contributed by atoms with E-state index >= 15 is 0 Å². The maximum absolute atomic E-state index is 9.94. The molecule has 2 heterocycles. The van der Waals surface area contributed by atoms with Crippen LogP contribution in [0.15, 0.2) is 48.5 Å². The van der Waals surface area contributed by atoms with Crippen LogP contribution in [-0.4, -0.2) is 51.1 Å². The molecular weight excluding hydrogens is 364 g/mol. The van der Waals surface area contributed by atoms with Crippen LogP contribution in [0.2, 0.25) is 0 Å². The third kappa shape index (κ3) is 4.83. The SMILES string of the molecule is CCCCc1ccc(-c2nc(CN3CCOCC3)nn2-c2cccc(O)c2)cc1. The number of morpholine rings is 1. The van der Waals surface area contributed by atoms with Gasteiger partial charge >= 0.3 is 0 Å². The zero-order valence-corrected chi connectivity index (χ0v) is 16.9. The van der Waals surface area contributed by atoms with Crippen molar-refractivity contribution >= 4 is 0 Å². The second-order valence-electron chi connectivity index (χ2n) is 7.47. The van der Waals surface area contributed by atoms with Gasteiger partial charge in [0, 0.05) is 24.7 Å². The van der Waals surface area contributed by atoms with Crippen molar-refractivity contribution in [3.63, 3.8) is 0 Å². The highest BCUT2D eigenvalue weighted by molar-refractivity contribution is 5.59. The minimum Gasteiger partial charge on any atom is -0.508 e. The quantitative estimate of drug-likeness (QED) is 0.662. The Kier molecular flexibility index (Phi) is 6.22. The molecule has 6 nitrogen and oxygen atoms in total. The first-order chi connectivity index (χ1) is 14.2. The van der Waals surface area contributed by atoms with Gasteiger partial charge in [-0.05, 0) is 30.5 Å². The highest BCUT2D eigenvalue weighted by Crippen LogP contribution is 2.24. The number of nitrogens with zero attached hydrogens (tertiary/aromatic N) is 4. The number of benzene rings is 2. The molecule has 152 valence electrons. The van der Waals surface area contributed by atoms with Crippen LogP contribution in [-0.2, 0) is 17.7 Å². The second kappa shape index (κ2) is 9.20. The minimum absolute atomic E-state index is 0.216. The van der Waals surface area contributed by atoms with Crippen LogP contribution in [0, 0.1) is 0 Å². The average molecular weight is 393 g/mol. The summed E-state index contributed by atoms with van der Waals surface area (Å²) in [6.45, 7) is 6.18. The van der Waals surface area contributed by atoms with E-state index in [-0.39, 0.29) is 5.75 Å². The van der Waals surface area contributed by atoms with Crippen molar-refractivity contribution in [2.24, 2.45) is 0 Å². The van der Waals surface area contributed by atoms with Crippen LogP contribution in [0.25, 0.3) is 17.1 Å². The molecule has 0 bridgehead atoms. The predicted molar refractivity (Wildman–Crippen MR) is 113 cm³/mol. The van der Waals surface area contributed by atoms with Gasteiger partial charge in [-0.1, -0.05) is 43.7 Å². The van der Waals surface area contributed by atoms with Gasteiger partial charge in [-0.15, -0.1) is 5.10 Å². The Morgan fingerprint density at radius 2 is 1.86 bits per heavy atom. The van der Waals surface area contributed by atoms with Gasteiger partial charge in [0.05, 0.1) is 25.4 Å². The summed E-state index contributed by atoms with van der Waals surface area (Å²) in [6, 6.07) is 15.7. The summed E-state index contributed by atoms with van der Waals surface area (Å²) in [4.78, 5) is 7.17. The molecule has 6 heteroatoms. The third-order valence-corrected chi connectivity index (χ3v) is 5.23. The zero-order valence-electron chi connectivity index (χ0n) is 16.9. The lowest BCUT2D eigenvalue weighted by Crippen LogP contribution is -2.36. The van der Waals surface area contributed by atoms with Gasteiger partial charge in [-0.25, -0.2) is 9.67 Å². The van der Waals surface area contributed by atoms with Crippen LogP contribution in [0.4, 0.5) is 0 Å². The molecule has 1 aliphatic heterocycles. The van der Waals surface area contributed by atoms with Gasteiger partial charge in [0.15, 0.2) is 11.6 Å². The summed E-state index contributed by atoms with van der Waals surface area (Å²) in [5.74, 6) is 1.79. The van der Waals surface area contributed by atoms with E-state index in [0.717, 1.165) is 55.6 Å². The largest absolute Gasteiger partial charge is 0.508 e. The van der Waals surface area contributed by atoms with E-state index in [2.05, 4.69) is 36.1 Å². The number of aromatic hydroxyl groups is 1. The number of rotatable bonds is 7. The molecule has 1 saturated heterocycles. The predicted octanol–water partition coefficient (Wildman–Crippen LogP) is 3.81.